The summed E-state index contributed by atoms with van der Waals surface area (Å²) in [6, 6.07) is 17.5. The zero-order valence-electron chi connectivity index (χ0n) is 9.73. The van der Waals surface area contributed by atoms with Crippen LogP contribution in [-0.2, 0) is 6.42 Å². The van der Waals surface area contributed by atoms with Crippen LogP contribution in [0.2, 0.25) is 0 Å². The molecule has 0 unspecified atom stereocenters. The lowest BCUT2D eigenvalue weighted by atomic mass is 10.0. The van der Waals surface area contributed by atoms with Crippen LogP contribution in [-0.4, -0.2) is 5.78 Å². The van der Waals surface area contributed by atoms with Gasteiger partial charge in [0.2, 0.25) is 0 Å². The van der Waals surface area contributed by atoms with E-state index in [1.54, 1.807) is 0 Å². The van der Waals surface area contributed by atoms with Gasteiger partial charge >= 0.3 is 0 Å². The van der Waals surface area contributed by atoms with E-state index in [4.69, 9.17) is 0 Å². The number of ketones is 1. The maximum atomic E-state index is 11.9. The van der Waals surface area contributed by atoms with Crippen molar-refractivity contribution in [1.82, 2.24) is 0 Å². The fourth-order valence-corrected chi connectivity index (χ4v) is 1.74. The van der Waals surface area contributed by atoms with Crippen LogP contribution in [0, 0.1) is 6.92 Å². The van der Waals surface area contributed by atoms with Crippen molar-refractivity contribution in [1.29, 1.82) is 0 Å². The van der Waals surface area contributed by atoms with Gasteiger partial charge in [0.25, 0.3) is 0 Å². The molecule has 85 valence electrons. The fourth-order valence-electron chi connectivity index (χ4n) is 1.74. The van der Waals surface area contributed by atoms with Gasteiger partial charge < -0.3 is 0 Å². The highest BCUT2D eigenvalue weighted by molar-refractivity contribution is 5.96. The predicted molar refractivity (Wildman–Crippen MR) is 70.0 cm³/mol. The molecule has 2 aromatic carbocycles. The summed E-state index contributed by atoms with van der Waals surface area (Å²) in [4.78, 5) is 11.9. The summed E-state index contributed by atoms with van der Waals surface area (Å²) in [6.07, 6.45) is 1.35. The molecular weight excluding hydrogens is 208 g/mol. The van der Waals surface area contributed by atoms with E-state index in [0.717, 1.165) is 17.5 Å². The van der Waals surface area contributed by atoms with Crippen molar-refractivity contribution in [3.8, 4) is 0 Å². The van der Waals surface area contributed by atoms with Gasteiger partial charge in [0.05, 0.1) is 0 Å². The molecule has 2 rings (SSSR count). The topological polar surface area (TPSA) is 17.1 Å². The SMILES string of the molecule is [CH2]c1ccc(C(=O)CCc2ccccc2)cc1. The third kappa shape index (κ3) is 3.28. The second-order valence-electron chi connectivity index (χ2n) is 4.11. The Morgan fingerprint density at radius 3 is 2.24 bits per heavy atom. The second-order valence-corrected chi connectivity index (χ2v) is 4.11. The molecule has 0 aliphatic heterocycles. The van der Waals surface area contributed by atoms with Crippen LogP contribution in [0.3, 0.4) is 0 Å². The van der Waals surface area contributed by atoms with E-state index in [2.05, 4.69) is 6.92 Å². The van der Waals surface area contributed by atoms with Crippen molar-refractivity contribution in [3.05, 3.63) is 78.2 Å². The zero-order chi connectivity index (χ0) is 12.1. The Labute approximate surface area is 102 Å². The summed E-state index contributed by atoms with van der Waals surface area (Å²) >= 11 is 0. The normalized spacial score (nSPS) is 10.2. The Morgan fingerprint density at radius 1 is 0.941 bits per heavy atom. The van der Waals surface area contributed by atoms with Gasteiger partial charge in [0.15, 0.2) is 5.78 Å². The lowest BCUT2D eigenvalue weighted by Crippen LogP contribution is -2.01. The molecule has 0 N–H and O–H groups in total. The first-order valence-electron chi connectivity index (χ1n) is 5.75. The summed E-state index contributed by atoms with van der Waals surface area (Å²) in [6.45, 7) is 3.80. The van der Waals surface area contributed by atoms with Crippen LogP contribution in [0.25, 0.3) is 0 Å². The number of carbonyl (C=O) groups is 1. The van der Waals surface area contributed by atoms with Crippen LogP contribution in [0.5, 0.6) is 0 Å². The minimum Gasteiger partial charge on any atom is -0.294 e. The van der Waals surface area contributed by atoms with Crippen LogP contribution >= 0.6 is 0 Å². The van der Waals surface area contributed by atoms with Gasteiger partial charge in [-0.3, -0.25) is 4.79 Å². The maximum Gasteiger partial charge on any atom is 0.163 e. The molecule has 17 heavy (non-hydrogen) atoms. The first-order chi connectivity index (χ1) is 8.25. The highest BCUT2D eigenvalue weighted by Crippen LogP contribution is 2.09. The molecule has 0 amide bonds. The zero-order valence-corrected chi connectivity index (χ0v) is 9.73. The van der Waals surface area contributed by atoms with Gasteiger partial charge in [-0.15, -0.1) is 0 Å². The minimum atomic E-state index is 0.189. The Balaban J connectivity index is 1.96. The molecule has 0 aliphatic carbocycles. The summed E-state index contributed by atoms with van der Waals surface area (Å²) in [7, 11) is 0. The molecule has 0 saturated heterocycles. The Bertz CT molecular complexity index is 483. The molecule has 1 nitrogen and oxygen atoms in total. The van der Waals surface area contributed by atoms with E-state index in [-0.39, 0.29) is 5.78 Å². The monoisotopic (exact) mass is 223 g/mol. The minimum absolute atomic E-state index is 0.189. The molecule has 0 fully saturated rings. The second kappa shape index (κ2) is 5.44. The lowest BCUT2D eigenvalue weighted by molar-refractivity contribution is 0.0983. The third-order valence-corrected chi connectivity index (χ3v) is 2.76. The molecule has 0 aliphatic rings. The number of rotatable bonds is 4. The van der Waals surface area contributed by atoms with Crippen LogP contribution in [0.4, 0.5) is 0 Å². The Hall–Kier alpha value is -1.89. The van der Waals surface area contributed by atoms with E-state index in [1.165, 1.54) is 5.56 Å². The van der Waals surface area contributed by atoms with Crippen LogP contribution < -0.4 is 0 Å². The smallest absolute Gasteiger partial charge is 0.163 e. The van der Waals surface area contributed by atoms with Crippen molar-refractivity contribution in [2.75, 3.05) is 0 Å². The molecule has 0 saturated carbocycles. The largest absolute Gasteiger partial charge is 0.294 e. The molecule has 2 aromatic rings. The molecular formula is C16H15O. The molecule has 1 heteroatoms. The lowest BCUT2D eigenvalue weighted by Gasteiger charge is -2.02. The first kappa shape index (κ1) is 11.6. The van der Waals surface area contributed by atoms with Gasteiger partial charge in [0.1, 0.15) is 0 Å². The number of benzene rings is 2. The van der Waals surface area contributed by atoms with E-state index in [0.29, 0.717) is 6.42 Å². The predicted octanol–water partition coefficient (Wildman–Crippen LogP) is 3.68. The standard InChI is InChI=1S/C16H15O/c1-13-7-10-15(11-8-13)16(17)12-9-14-5-3-2-4-6-14/h2-8,10-11H,1,9,12H2. The highest BCUT2D eigenvalue weighted by Gasteiger charge is 2.05. The van der Waals surface area contributed by atoms with Crippen LogP contribution in [0.1, 0.15) is 27.9 Å². The fraction of sp³-hybridized carbons (Fsp3) is 0.125. The van der Waals surface area contributed by atoms with Gasteiger partial charge in [-0.2, -0.15) is 0 Å². The van der Waals surface area contributed by atoms with Gasteiger partial charge in [-0.25, -0.2) is 0 Å². The summed E-state index contributed by atoms with van der Waals surface area (Å²) in [5.41, 5.74) is 2.91. The highest BCUT2D eigenvalue weighted by atomic mass is 16.1. The number of Topliss-reactive ketones (excluding diaryl/α,β-unsaturated/α-hetero) is 1. The summed E-state index contributed by atoms with van der Waals surface area (Å²) in [5.74, 6) is 0.189. The average Bonchev–Trinajstić information content (AvgIpc) is 2.38. The summed E-state index contributed by atoms with van der Waals surface area (Å²) < 4.78 is 0. The van der Waals surface area contributed by atoms with Gasteiger partial charge in [-0.1, -0.05) is 54.6 Å². The molecule has 0 heterocycles. The van der Waals surface area contributed by atoms with E-state index >= 15 is 0 Å². The van der Waals surface area contributed by atoms with E-state index < -0.39 is 0 Å². The van der Waals surface area contributed by atoms with Gasteiger partial charge in [-0.05, 0) is 24.5 Å². The quantitative estimate of drug-likeness (QED) is 0.722. The van der Waals surface area contributed by atoms with Crippen LogP contribution in [0.15, 0.2) is 54.6 Å². The molecule has 1 radical (unpaired) electrons. The number of carbonyl (C=O) groups excluding carboxylic acids is 1. The molecule has 0 aromatic heterocycles. The maximum absolute atomic E-state index is 11.9. The van der Waals surface area contributed by atoms with Gasteiger partial charge in [0, 0.05) is 12.0 Å². The van der Waals surface area contributed by atoms with E-state index in [1.807, 2.05) is 54.6 Å². The van der Waals surface area contributed by atoms with Crippen molar-refractivity contribution in [2.24, 2.45) is 0 Å². The Morgan fingerprint density at radius 2 is 1.59 bits per heavy atom. The third-order valence-electron chi connectivity index (χ3n) is 2.76. The Kier molecular flexibility index (Phi) is 3.71. The van der Waals surface area contributed by atoms with E-state index in [9.17, 15) is 4.79 Å². The number of hydrogen-bond acceptors (Lipinski definition) is 1. The van der Waals surface area contributed by atoms with Crippen molar-refractivity contribution >= 4 is 5.78 Å². The number of aryl methyl sites for hydroxylation is 1. The molecule has 0 atom stereocenters. The molecule has 0 spiro atoms. The van der Waals surface area contributed by atoms with Crippen molar-refractivity contribution in [3.63, 3.8) is 0 Å². The summed E-state index contributed by atoms with van der Waals surface area (Å²) in [5, 5.41) is 0. The van der Waals surface area contributed by atoms with Crippen molar-refractivity contribution in [2.45, 2.75) is 12.8 Å². The number of hydrogen-bond donors (Lipinski definition) is 0. The van der Waals surface area contributed by atoms with Crippen molar-refractivity contribution < 1.29 is 4.79 Å². The first-order valence-corrected chi connectivity index (χ1v) is 5.75. The molecule has 0 bridgehead atoms. The average molecular weight is 223 g/mol.